The monoisotopic (exact) mass is 407 g/mol. The first-order chi connectivity index (χ1) is 9.70. The van der Waals surface area contributed by atoms with Crippen molar-refractivity contribution >= 4 is 54.8 Å². The van der Waals surface area contributed by atoms with Crippen LogP contribution in [0.2, 0.25) is 10.0 Å². The molecule has 21 heavy (non-hydrogen) atoms. The van der Waals surface area contributed by atoms with Gasteiger partial charge in [-0.2, -0.15) is 0 Å². The Kier molecular flexibility index (Phi) is 4.88. The number of nitrogens with one attached hydrogen (secondary N) is 1. The Labute approximate surface area is 142 Å². The molecule has 0 fully saturated rings. The van der Waals surface area contributed by atoms with Gasteiger partial charge in [-0.15, -0.1) is 0 Å². The molecule has 0 saturated heterocycles. The first-order valence-electron chi connectivity index (χ1n) is 5.95. The molecule has 2 rings (SSSR count). The van der Waals surface area contributed by atoms with Crippen LogP contribution in [-0.2, 0) is 10.0 Å². The molecule has 0 saturated carbocycles. The molecule has 0 unspecified atom stereocenters. The van der Waals surface area contributed by atoms with E-state index in [0.717, 1.165) is 4.47 Å². The maximum atomic E-state index is 12.5. The van der Waals surface area contributed by atoms with Crippen LogP contribution in [0.25, 0.3) is 0 Å². The number of halogens is 3. The van der Waals surface area contributed by atoms with Crippen molar-refractivity contribution < 1.29 is 8.42 Å². The van der Waals surface area contributed by atoms with Gasteiger partial charge in [0.25, 0.3) is 10.0 Å². The third-order valence-electron chi connectivity index (χ3n) is 2.92. The van der Waals surface area contributed by atoms with Gasteiger partial charge in [0.1, 0.15) is 0 Å². The average molecular weight is 409 g/mol. The molecule has 0 bridgehead atoms. The summed E-state index contributed by atoms with van der Waals surface area (Å²) in [5.74, 6) is 0. The van der Waals surface area contributed by atoms with Gasteiger partial charge in [-0.3, -0.25) is 4.72 Å². The lowest BCUT2D eigenvalue weighted by Gasteiger charge is -2.13. The number of hydrogen-bond acceptors (Lipinski definition) is 2. The largest absolute Gasteiger partial charge is 0.278 e. The molecule has 7 heteroatoms. The van der Waals surface area contributed by atoms with E-state index in [2.05, 4.69) is 20.7 Å². The second kappa shape index (κ2) is 6.16. The molecule has 1 N–H and O–H groups in total. The summed E-state index contributed by atoms with van der Waals surface area (Å²) >= 11 is 15.3. The standard InChI is InChI=1S/C14H12BrCl2NO2S/c1-8-6-14(9(2)5-11(8)16)21(19,20)18-13-4-3-10(15)7-12(13)17/h3-7,18H,1-2H3. The van der Waals surface area contributed by atoms with Crippen LogP contribution in [0, 0.1) is 13.8 Å². The number of hydrogen-bond donors (Lipinski definition) is 1. The van der Waals surface area contributed by atoms with Gasteiger partial charge in [0.05, 0.1) is 15.6 Å². The molecule has 0 aliphatic rings. The lowest BCUT2D eigenvalue weighted by molar-refractivity contribution is 0.600. The van der Waals surface area contributed by atoms with Crippen molar-refractivity contribution in [3.8, 4) is 0 Å². The van der Waals surface area contributed by atoms with E-state index in [4.69, 9.17) is 23.2 Å². The molecular formula is C14H12BrCl2NO2S. The smallest absolute Gasteiger partial charge is 0.262 e. The Morgan fingerprint density at radius 1 is 1.00 bits per heavy atom. The van der Waals surface area contributed by atoms with Crippen LogP contribution < -0.4 is 4.72 Å². The maximum Gasteiger partial charge on any atom is 0.262 e. The second-order valence-electron chi connectivity index (χ2n) is 4.60. The molecule has 0 aromatic heterocycles. The molecule has 2 aromatic rings. The molecule has 0 amide bonds. The second-order valence-corrected chi connectivity index (χ2v) is 7.98. The van der Waals surface area contributed by atoms with Crippen molar-refractivity contribution in [2.75, 3.05) is 4.72 Å². The molecule has 2 aromatic carbocycles. The van der Waals surface area contributed by atoms with Crippen molar-refractivity contribution in [2.24, 2.45) is 0 Å². The summed E-state index contributed by atoms with van der Waals surface area (Å²) < 4.78 is 28.3. The number of aryl methyl sites for hydroxylation is 2. The average Bonchev–Trinajstić information content (AvgIpc) is 2.37. The molecule has 0 heterocycles. The van der Waals surface area contributed by atoms with E-state index in [1.165, 1.54) is 0 Å². The first kappa shape index (κ1) is 16.6. The number of anilines is 1. The summed E-state index contributed by atoms with van der Waals surface area (Å²) in [7, 11) is -3.73. The van der Waals surface area contributed by atoms with Crippen molar-refractivity contribution in [2.45, 2.75) is 18.7 Å². The summed E-state index contributed by atoms with van der Waals surface area (Å²) in [6, 6.07) is 8.12. The lowest BCUT2D eigenvalue weighted by Crippen LogP contribution is -2.15. The quantitative estimate of drug-likeness (QED) is 0.760. The summed E-state index contributed by atoms with van der Waals surface area (Å²) in [5.41, 5.74) is 1.60. The van der Waals surface area contributed by atoms with Crippen LogP contribution in [0.15, 0.2) is 39.7 Å². The Hall–Kier alpha value is -0.750. The van der Waals surface area contributed by atoms with Crippen LogP contribution in [0.3, 0.4) is 0 Å². The Balaban J connectivity index is 2.46. The lowest BCUT2D eigenvalue weighted by atomic mass is 10.2. The van der Waals surface area contributed by atoms with E-state index in [9.17, 15) is 8.42 Å². The van der Waals surface area contributed by atoms with E-state index in [1.54, 1.807) is 44.2 Å². The molecule has 0 spiro atoms. The normalized spacial score (nSPS) is 11.5. The van der Waals surface area contributed by atoms with Gasteiger partial charge in [-0.1, -0.05) is 39.1 Å². The van der Waals surface area contributed by atoms with Crippen LogP contribution in [0.4, 0.5) is 5.69 Å². The van der Waals surface area contributed by atoms with Crippen LogP contribution in [-0.4, -0.2) is 8.42 Å². The van der Waals surface area contributed by atoms with E-state index in [1.807, 2.05) is 0 Å². The molecule has 0 aliphatic carbocycles. The molecule has 0 aliphatic heterocycles. The zero-order valence-corrected chi connectivity index (χ0v) is 15.2. The summed E-state index contributed by atoms with van der Waals surface area (Å²) in [6.07, 6.45) is 0. The minimum atomic E-state index is -3.73. The van der Waals surface area contributed by atoms with E-state index in [0.29, 0.717) is 26.9 Å². The highest BCUT2D eigenvalue weighted by Crippen LogP contribution is 2.30. The fraction of sp³-hybridized carbons (Fsp3) is 0.143. The topological polar surface area (TPSA) is 46.2 Å². The van der Waals surface area contributed by atoms with Crippen LogP contribution in [0.1, 0.15) is 11.1 Å². The highest BCUT2D eigenvalue weighted by atomic mass is 79.9. The van der Waals surface area contributed by atoms with Gasteiger partial charge in [0.2, 0.25) is 0 Å². The molecule has 3 nitrogen and oxygen atoms in total. The fourth-order valence-corrected chi connectivity index (χ4v) is 4.20. The first-order valence-corrected chi connectivity index (χ1v) is 8.98. The number of benzene rings is 2. The molecule has 0 radical (unpaired) electrons. The summed E-state index contributed by atoms with van der Waals surface area (Å²) in [6.45, 7) is 3.45. The van der Waals surface area contributed by atoms with Gasteiger partial charge in [-0.25, -0.2) is 8.42 Å². The van der Waals surface area contributed by atoms with Gasteiger partial charge >= 0.3 is 0 Å². The molecule has 0 atom stereocenters. The van der Waals surface area contributed by atoms with Gasteiger partial charge in [0.15, 0.2) is 0 Å². The van der Waals surface area contributed by atoms with Crippen LogP contribution >= 0.6 is 39.1 Å². The van der Waals surface area contributed by atoms with Gasteiger partial charge < -0.3 is 0 Å². The fourth-order valence-electron chi connectivity index (χ4n) is 1.82. The highest BCUT2D eigenvalue weighted by Gasteiger charge is 2.19. The SMILES string of the molecule is Cc1cc(S(=O)(=O)Nc2ccc(Br)cc2Cl)c(C)cc1Cl. The Bertz CT molecular complexity index is 807. The minimum Gasteiger partial charge on any atom is -0.278 e. The van der Waals surface area contributed by atoms with E-state index >= 15 is 0 Å². The minimum absolute atomic E-state index is 0.184. The third-order valence-corrected chi connectivity index (χ3v) is 5.64. The molecule has 112 valence electrons. The van der Waals surface area contributed by atoms with Crippen molar-refractivity contribution in [1.82, 2.24) is 0 Å². The van der Waals surface area contributed by atoms with Crippen molar-refractivity contribution in [3.63, 3.8) is 0 Å². The predicted octanol–water partition coefficient (Wildman–Crippen LogP) is 5.17. The zero-order chi connectivity index (χ0) is 15.8. The number of sulfonamides is 1. The zero-order valence-electron chi connectivity index (χ0n) is 11.2. The number of rotatable bonds is 3. The predicted molar refractivity (Wildman–Crippen MR) is 90.9 cm³/mol. The summed E-state index contributed by atoms with van der Waals surface area (Å²) in [5, 5.41) is 0.851. The highest BCUT2D eigenvalue weighted by molar-refractivity contribution is 9.10. The molecular weight excluding hydrogens is 397 g/mol. The van der Waals surface area contributed by atoms with E-state index in [-0.39, 0.29) is 4.90 Å². The van der Waals surface area contributed by atoms with Gasteiger partial charge in [0, 0.05) is 9.50 Å². The van der Waals surface area contributed by atoms with Crippen LogP contribution in [0.5, 0.6) is 0 Å². The van der Waals surface area contributed by atoms with Gasteiger partial charge in [-0.05, 0) is 55.3 Å². The van der Waals surface area contributed by atoms with Crippen molar-refractivity contribution in [1.29, 1.82) is 0 Å². The van der Waals surface area contributed by atoms with E-state index < -0.39 is 10.0 Å². The summed E-state index contributed by atoms with van der Waals surface area (Å²) in [4.78, 5) is 0.184. The Morgan fingerprint density at radius 3 is 2.29 bits per heavy atom. The third kappa shape index (κ3) is 3.72. The van der Waals surface area contributed by atoms with Crippen molar-refractivity contribution in [3.05, 3.63) is 56.0 Å². The maximum absolute atomic E-state index is 12.5. The Morgan fingerprint density at radius 2 is 1.67 bits per heavy atom.